The molecule has 8 heteroatoms. The first kappa shape index (κ1) is 19.9. The lowest BCUT2D eigenvalue weighted by Crippen LogP contribution is -2.27. The minimum Gasteiger partial charge on any atom is -0.490 e. The molecular formula is C19H22N4O4. The van der Waals surface area contributed by atoms with Gasteiger partial charge in [-0.05, 0) is 42.8 Å². The maximum atomic E-state index is 11.9. The zero-order chi connectivity index (χ0) is 19.6. The minimum absolute atomic E-state index is 0.0827. The van der Waals surface area contributed by atoms with Gasteiger partial charge in [0, 0.05) is 20.3 Å². The first-order valence-corrected chi connectivity index (χ1v) is 8.35. The third kappa shape index (κ3) is 6.10. The molecule has 0 fully saturated rings. The zero-order valence-corrected chi connectivity index (χ0v) is 15.5. The van der Waals surface area contributed by atoms with Gasteiger partial charge >= 0.3 is 0 Å². The number of nitrogens with zero attached hydrogens (tertiary/aromatic N) is 3. The maximum Gasteiger partial charge on any atom is 0.289 e. The van der Waals surface area contributed by atoms with E-state index < -0.39 is 5.91 Å². The molecule has 8 nitrogen and oxygen atoms in total. The van der Waals surface area contributed by atoms with E-state index in [9.17, 15) is 9.59 Å². The molecule has 2 rings (SSSR count). The van der Waals surface area contributed by atoms with Crippen molar-refractivity contribution < 1.29 is 19.1 Å². The Balaban J connectivity index is 2.03. The van der Waals surface area contributed by atoms with E-state index in [-0.39, 0.29) is 18.2 Å². The van der Waals surface area contributed by atoms with E-state index >= 15 is 0 Å². The molecule has 0 aliphatic rings. The third-order valence-corrected chi connectivity index (χ3v) is 3.39. The summed E-state index contributed by atoms with van der Waals surface area (Å²) in [5.74, 6) is 0.394. The molecule has 0 spiro atoms. The van der Waals surface area contributed by atoms with E-state index in [4.69, 9.17) is 9.47 Å². The smallest absolute Gasteiger partial charge is 0.289 e. The molecule has 0 aliphatic heterocycles. The number of carbonyl (C=O) groups excluding carboxylic acids is 2. The van der Waals surface area contributed by atoms with E-state index in [0.717, 1.165) is 0 Å². The van der Waals surface area contributed by atoms with Crippen LogP contribution in [0.5, 0.6) is 11.5 Å². The molecule has 0 bridgehead atoms. The number of hydrazone groups is 1. The van der Waals surface area contributed by atoms with Crippen LogP contribution in [0, 0.1) is 0 Å². The summed E-state index contributed by atoms with van der Waals surface area (Å²) in [6.07, 6.45) is 3.02. The first-order chi connectivity index (χ1) is 13.0. The predicted molar refractivity (Wildman–Crippen MR) is 101 cm³/mol. The van der Waals surface area contributed by atoms with Gasteiger partial charge in [-0.2, -0.15) is 5.10 Å². The number of hydrogen-bond acceptors (Lipinski definition) is 6. The third-order valence-electron chi connectivity index (χ3n) is 3.39. The lowest BCUT2D eigenvalue weighted by molar-refractivity contribution is -0.130. The van der Waals surface area contributed by atoms with Crippen LogP contribution in [-0.2, 0) is 4.79 Å². The van der Waals surface area contributed by atoms with Crippen LogP contribution in [0.15, 0.2) is 47.7 Å². The fraction of sp³-hybridized carbons (Fsp3) is 0.263. The fourth-order valence-corrected chi connectivity index (χ4v) is 1.98. The molecule has 1 aromatic heterocycles. The second-order valence-corrected chi connectivity index (χ2v) is 5.63. The van der Waals surface area contributed by atoms with Crippen LogP contribution < -0.4 is 14.9 Å². The Hall–Kier alpha value is -3.42. The van der Waals surface area contributed by atoms with Crippen LogP contribution in [0.25, 0.3) is 0 Å². The van der Waals surface area contributed by atoms with Gasteiger partial charge in [0.1, 0.15) is 5.69 Å². The van der Waals surface area contributed by atoms with Crippen molar-refractivity contribution in [3.63, 3.8) is 0 Å². The van der Waals surface area contributed by atoms with Gasteiger partial charge in [0.2, 0.25) is 0 Å². The topological polar surface area (TPSA) is 93.1 Å². The van der Waals surface area contributed by atoms with E-state index in [1.54, 1.807) is 50.5 Å². The summed E-state index contributed by atoms with van der Waals surface area (Å²) in [6.45, 7) is 2.21. The summed E-state index contributed by atoms with van der Waals surface area (Å²) in [7, 11) is 3.32. The van der Waals surface area contributed by atoms with Gasteiger partial charge in [0.25, 0.3) is 11.8 Å². The molecule has 2 amide bonds. The molecule has 1 aromatic carbocycles. The molecule has 1 N–H and O–H groups in total. The van der Waals surface area contributed by atoms with Gasteiger partial charge in [-0.15, -0.1) is 0 Å². The molecule has 0 saturated heterocycles. The van der Waals surface area contributed by atoms with Gasteiger partial charge < -0.3 is 14.4 Å². The summed E-state index contributed by atoms with van der Waals surface area (Å²) in [5, 5.41) is 3.92. The number of aromatic nitrogens is 1. The molecule has 2 aromatic rings. The summed E-state index contributed by atoms with van der Waals surface area (Å²) in [4.78, 5) is 29.0. The monoisotopic (exact) mass is 370 g/mol. The quantitative estimate of drug-likeness (QED) is 0.564. The highest BCUT2D eigenvalue weighted by molar-refractivity contribution is 5.93. The summed E-state index contributed by atoms with van der Waals surface area (Å²) >= 11 is 0. The number of benzene rings is 1. The van der Waals surface area contributed by atoms with Gasteiger partial charge in [-0.3, -0.25) is 14.6 Å². The Labute approximate surface area is 157 Å². The van der Waals surface area contributed by atoms with Crippen LogP contribution in [-0.4, -0.2) is 55.2 Å². The molecule has 1 heterocycles. The highest BCUT2D eigenvalue weighted by atomic mass is 16.5. The van der Waals surface area contributed by atoms with Gasteiger partial charge in [-0.25, -0.2) is 5.43 Å². The van der Waals surface area contributed by atoms with Crippen molar-refractivity contribution in [3.8, 4) is 11.5 Å². The van der Waals surface area contributed by atoms with E-state index in [0.29, 0.717) is 23.7 Å². The summed E-state index contributed by atoms with van der Waals surface area (Å²) in [6, 6.07) is 10.2. The molecule has 0 radical (unpaired) electrons. The number of pyridine rings is 1. The highest BCUT2D eigenvalue weighted by Crippen LogP contribution is 2.28. The average molecular weight is 370 g/mol. The molecular weight excluding hydrogens is 348 g/mol. The van der Waals surface area contributed by atoms with Crippen molar-refractivity contribution in [1.82, 2.24) is 15.3 Å². The Kier molecular flexibility index (Phi) is 7.30. The SMILES string of the molecule is CCOc1cc(/C=N\NC(=O)c2ccccn2)ccc1OCC(=O)N(C)C. The Morgan fingerprint density at radius 2 is 2.00 bits per heavy atom. The van der Waals surface area contributed by atoms with Crippen molar-refractivity contribution in [2.24, 2.45) is 5.10 Å². The molecule has 0 unspecified atom stereocenters. The van der Waals surface area contributed by atoms with Crippen molar-refractivity contribution in [3.05, 3.63) is 53.9 Å². The molecule has 0 saturated carbocycles. The van der Waals surface area contributed by atoms with Crippen LogP contribution >= 0.6 is 0 Å². The van der Waals surface area contributed by atoms with Crippen LogP contribution in [0.1, 0.15) is 23.0 Å². The normalized spacial score (nSPS) is 10.5. The van der Waals surface area contributed by atoms with Gasteiger partial charge in [-0.1, -0.05) is 6.07 Å². The number of rotatable bonds is 8. The van der Waals surface area contributed by atoms with Crippen LogP contribution in [0.3, 0.4) is 0 Å². The maximum absolute atomic E-state index is 11.9. The Morgan fingerprint density at radius 1 is 1.19 bits per heavy atom. The molecule has 0 aliphatic carbocycles. The second kappa shape index (κ2) is 9.91. The van der Waals surface area contributed by atoms with Crippen LogP contribution in [0.4, 0.5) is 0 Å². The number of carbonyl (C=O) groups is 2. The molecule has 0 atom stereocenters. The zero-order valence-electron chi connectivity index (χ0n) is 15.5. The predicted octanol–water partition coefficient (Wildman–Crippen LogP) is 1.71. The highest BCUT2D eigenvalue weighted by Gasteiger charge is 2.10. The van der Waals surface area contributed by atoms with Gasteiger partial charge in [0.15, 0.2) is 18.1 Å². The summed E-state index contributed by atoms with van der Waals surface area (Å²) < 4.78 is 11.1. The van der Waals surface area contributed by atoms with Gasteiger partial charge in [0.05, 0.1) is 12.8 Å². The summed E-state index contributed by atoms with van der Waals surface area (Å²) in [5.41, 5.74) is 3.39. The number of nitrogens with one attached hydrogen (secondary N) is 1. The number of amides is 2. The largest absolute Gasteiger partial charge is 0.490 e. The Morgan fingerprint density at radius 3 is 2.67 bits per heavy atom. The Bertz CT molecular complexity index is 807. The molecule has 27 heavy (non-hydrogen) atoms. The number of ether oxygens (including phenoxy) is 2. The minimum atomic E-state index is -0.404. The standard InChI is InChI=1S/C19H22N4O4/c1-4-26-17-11-14(8-9-16(17)27-13-18(24)23(2)3)12-21-22-19(25)15-7-5-6-10-20-15/h5-12H,4,13H2,1-3H3,(H,22,25)/b21-12-. The molecule has 142 valence electrons. The second-order valence-electron chi connectivity index (χ2n) is 5.63. The van der Waals surface area contributed by atoms with E-state index in [1.165, 1.54) is 17.3 Å². The lowest BCUT2D eigenvalue weighted by atomic mass is 10.2. The van der Waals surface area contributed by atoms with E-state index in [2.05, 4.69) is 15.5 Å². The first-order valence-electron chi connectivity index (χ1n) is 8.35. The van der Waals surface area contributed by atoms with Crippen molar-refractivity contribution >= 4 is 18.0 Å². The lowest BCUT2D eigenvalue weighted by Gasteiger charge is -2.14. The fourth-order valence-electron chi connectivity index (χ4n) is 1.98. The number of likely N-dealkylation sites (N-methyl/N-ethyl adjacent to an activating group) is 1. The van der Waals surface area contributed by atoms with Crippen molar-refractivity contribution in [2.45, 2.75) is 6.92 Å². The average Bonchev–Trinajstić information content (AvgIpc) is 2.67. The van der Waals surface area contributed by atoms with Crippen molar-refractivity contribution in [2.75, 3.05) is 27.3 Å². The van der Waals surface area contributed by atoms with Crippen molar-refractivity contribution in [1.29, 1.82) is 0 Å². The van der Waals surface area contributed by atoms with Crippen LogP contribution in [0.2, 0.25) is 0 Å². The van der Waals surface area contributed by atoms with E-state index in [1.807, 2.05) is 6.92 Å². The number of hydrogen-bond donors (Lipinski definition) is 1.